The van der Waals surface area contributed by atoms with Gasteiger partial charge in [-0.05, 0) is 32.2 Å². The molecule has 5 nitrogen and oxygen atoms in total. The highest BCUT2D eigenvalue weighted by molar-refractivity contribution is 7.19. The zero-order valence-corrected chi connectivity index (χ0v) is 14.6. The lowest BCUT2D eigenvalue weighted by atomic mass is 10.1. The fraction of sp³-hybridized carbons (Fsp3) is 0.400. The number of nitrogens with one attached hydrogen (secondary N) is 1. The second-order valence-corrected chi connectivity index (χ2v) is 7.76. The maximum atomic E-state index is 12.0. The highest BCUT2D eigenvalue weighted by Gasteiger charge is 2.19. The molecule has 0 fully saturated rings. The van der Waals surface area contributed by atoms with Gasteiger partial charge in [0.1, 0.15) is 5.60 Å². The molecule has 0 aliphatic heterocycles. The first-order chi connectivity index (χ1) is 10.2. The Hall–Kier alpha value is -1.73. The zero-order valence-electron chi connectivity index (χ0n) is 12.9. The third kappa shape index (κ3) is 4.64. The average Bonchev–Trinajstić information content (AvgIpc) is 2.94. The Morgan fingerprint density at radius 2 is 2.09 bits per heavy atom. The number of hydrogen-bond acceptors (Lipinski definition) is 6. The normalized spacial score (nSPS) is 11.3. The Kier molecular flexibility index (Phi) is 4.97. The minimum absolute atomic E-state index is 0.153. The molecule has 0 spiro atoms. The van der Waals surface area contributed by atoms with E-state index in [0.29, 0.717) is 5.13 Å². The van der Waals surface area contributed by atoms with Gasteiger partial charge in [-0.1, -0.05) is 11.3 Å². The molecule has 0 atom stereocenters. The highest BCUT2D eigenvalue weighted by Crippen LogP contribution is 2.34. The van der Waals surface area contributed by atoms with Gasteiger partial charge in [0.2, 0.25) is 5.91 Å². The monoisotopic (exact) mass is 338 g/mol. The van der Waals surface area contributed by atoms with Crippen molar-refractivity contribution < 1.29 is 14.3 Å². The minimum atomic E-state index is -0.489. The van der Waals surface area contributed by atoms with Crippen LogP contribution in [0.25, 0.3) is 10.4 Å². The van der Waals surface area contributed by atoms with E-state index >= 15 is 0 Å². The van der Waals surface area contributed by atoms with Gasteiger partial charge < -0.3 is 10.1 Å². The summed E-state index contributed by atoms with van der Waals surface area (Å²) in [6, 6.07) is 1.95. The number of hydrogen-bond donors (Lipinski definition) is 1. The molecule has 118 valence electrons. The number of esters is 1. The van der Waals surface area contributed by atoms with Crippen LogP contribution in [-0.2, 0) is 20.7 Å². The van der Waals surface area contributed by atoms with E-state index in [0.717, 1.165) is 15.3 Å². The first kappa shape index (κ1) is 16.6. The van der Waals surface area contributed by atoms with Crippen molar-refractivity contribution in [1.82, 2.24) is 4.98 Å². The summed E-state index contributed by atoms with van der Waals surface area (Å²) in [5.41, 5.74) is 0.474. The molecule has 7 heteroatoms. The molecule has 1 amide bonds. The van der Waals surface area contributed by atoms with Crippen molar-refractivity contribution in [3.63, 3.8) is 0 Å². The first-order valence-corrected chi connectivity index (χ1v) is 8.46. The second-order valence-electron chi connectivity index (χ2n) is 5.73. The Bertz CT molecular complexity index is 683. The maximum Gasteiger partial charge on any atom is 0.311 e. The van der Waals surface area contributed by atoms with Crippen molar-refractivity contribution in [3.05, 3.63) is 22.5 Å². The van der Waals surface area contributed by atoms with Crippen LogP contribution in [0.15, 0.2) is 17.6 Å². The molecule has 22 heavy (non-hydrogen) atoms. The second kappa shape index (κ2) is 6.58. The van der Waals surface area contributed by atoms with Gasteiger partial charge in [0, 0.05) is 23.6 Å². The van der Waals surface area contributed by atoms with E-state index in [4.69, 9.17) is 4.74 Å². The van der Waals surface area contributed by atoms with Crippen molar-refractivity contribution in [1.29, 1.82) is 0 Å². The third-order valence-corrected chi connectivity index (χ3v) is 4.39. The smallest absolute Gasteiger partial charge is 0.311 e. The van der Waals surface area contributed by atoms with E-state index < -0.39 is 5.60 Å². The van der Waals surface area contributed by atoms with Gasteiger partial charge in [0.25, 0.3) is 0 Å². The molecule has 0 saturated carbocycles. The molecular weight excluding hydrogens is 320 g/mol. The Balaban J connectivity index is 2.14. The van der Waals surface area contributed by atoms with E-state index in [9.17, 15) is 9.59 Å². The van der Waals surface area contributed by atoms with Crippen LogP contribution in [0.4, 0.5) is 5.13 Å². The molecule has 0 saturated heterocycles. The fourth-order valence-corrected chi connectivity index (χ4v) is 3.67. The van der Waals surface area contributed by atoms with Gasteiger partial charge in [0.15, 0.2) is 5.13 Å². The number of thiazole rings is 1. The maximum absolute atomic E-state index is 12.0. The Morgan fingerprint density at radius 3 is 2.73 bits per heavy atom. The SMILES string of the molecule is CC(=O)Nc1ncc(-c2ccsc2CC(=O)OC(C)(C)C)s1. The molecule has 0 aliphatic rings. The van der Waals surface area contributed by atoms with Crippen LogP contribution >= 0.6 is 22.7 Å². The van der Waals surface area contributed by atoms with E-state index in [1.165, 1.54) is 29.6 Å². The van der Waals surface area contributed by atoms with Gasteiger partial charge in [-0.15, -0.1) is 11.3 Å². The summed E-state index contributed by atoms with van der Waals surface area (Å²) < 4.78 is 5.36. The number of aromatic nitrogens is 1. The number of carbonyl (C=O) groups excluding carboxylic acids is 2. The molecular formula is C15H18N2O3S2. The molecule has 0 aromatic carbocycles. The summed E-state index contributed by atoms with van der Waals surface area (Å²) in [6.07, 6.45) is 1.94. The average molecular weight is 338 g/mol. The van der Waals surface area contributed by atoms with Crippen molar-refractivity contribution in [3.8, 4) is 10.4 Å². The summed E-state index contributed by atoms with van der Waals surface area (Å²) in [7, 11) is 0. The molecule has 1 N–H and O–H groups in total. The van der Waals surface area contributed by atoms with Crippen molar-refractivity contribution in [2.45, 2.75) is 39.7 Å². The summed E-state index contributed by atoms with van der Waals surface area (Å²) >= 11 is 2.90. The molecule has 2 rings (SSSR count). The molecule has 0 bridgehead atoms. The first-order valence-electron chi connectivity index (χ1n) is 6.76. The molecule has 0 radical (unpaired) electrons. The minimum Gasteiger partial charge on any atom is -0.460 e. The highest BCUT2D eigenvalue weighted by atomic mass is 32.1. The summed E-state index contributed by atoms with van der Waals surface area (Å²) in [5, 5.41) is 5.15. The van der Waals surface area contributed by atoms with Crippen molar-refractivity contribution in [2.24, 2.45) is 0 Å². The number of thiophene rings is 1. The van der Waals surface area contributed by atoms with E-state index in [1.807, 2.05) is 32.2 Å². The lowest BCUT2D eigenvalue weighted by Gasteiger charge is -2.19. The van der Waals surface area contributed by atoms with Crippen molar-refractivity contribution >= 4 is 39.7 Å². The van der Waals surface area contributed by atoms with Crippen LogP contribution in [-0.4, -0.2) is 22.5 Å². The lowest BCUT2D eigenvalue weighted by Crippen LogP contribution is -2.24. The van der Waals surface area contributed by atoms with E-state index in [-0.39, 0.29) is 18.3 Å². The fourth-order valence-electron chi connectivity index (χ4n) is 1.81. The summed E-state index contributed by atoms with van der Waals surface area (Å²) in [5.74, 6) is -0.400. The van der Waals surface area contributed by atoms with Gasteiger partial charge >= 0.3 is 5.97 Å². The molecule has 2 aromatic heterocycles. The molecule has 2 heterocycles. The van der Waals surface area contributed by atoms with Crippen LogP contribution < -0.4 is 5.32 Å². The van der Waals surface area contributed by atoms with Crippen LogP contribution in [0.5, 0.6) is 0 Å². The predicted molar refractivity (Wildman–Crippen MR) is 89.3 cm³/mol. The van der Waals surface area contributed by atoms with Crippen LogP contribution in [0.1, 0.15) is 32.6 Å². The van der Waals surface area contributed by atoms with Crippen LogP contribution in [0.3, 0.4) is 0 Å². The summed E-state index contributed by atoms with van der Waals surface area (Å²) in [4.78, 5) is 29.1. The largest absolute Gasteiger partial charge is 0.460 e. The van der Waals surface area contributed by atoms with Gasteiger partial charge in [-0.3, -0.25) is 9.59 Å². The predicted octanol–water partition coefficient (Wildman–Crippen LogP) is 3.71. The van der Waals surface area contributed by atoms with Gasteiger partial charge in [-0.25, -0.2) is 4.98 Å². The number of rotatable bonds is 4. The third-order valence-electron chi connectivity index (χ3n) is 2.52. The molecule has 2 aromatic rings. The number of ether oxygens (including phenoxy) is 1. The van der Waals surface area contributed by atoms with Gasteiger partial charge in [-0.2, -0.15) is 0 Å². The lowest BCUT2D eigenvalue weighted by molar-refractivity contribution is -0.153. The van der Waals surface area contributed by atoms with E-state index in [2.05, 4.69) is 10.3 Å². The number of anilines is 1. The van der Waals surface area contributed by atoms with Crippen LogP contribution in [0.2, 0.25) is 0 Å². The Labute approximate surface area is 137 Å². The molecule has 0 aliphatic carbocycles. The molecule has 0 unspecified atom stereocenters. The number of amides is 1. The topological polar surface area (TPSA) is 68.3 Å². The number of nitrogens with zero attached hydrogens (tertiary/aromatic N) is 1. The van der Waals surface area contributed by atoms with Crippen LogP contribution in [0, 0.1) is 0 Å². The quantitative estimate of drug-likeness (QED) is 0.863. The zero-order chi connectivity index (χ0) is 16.3. The van der Waals surface area contributed by atoms with E-state index in [1.54, 1.807) is 6.20 Å². The standard InChI is InChI=1S/C15H18N2O3S2/c1-9(18)17-14-16-8-12(22-14)10-5-6-21-11(10)7-13(19)20-15(2,3)4/h5-6,8H,7H2,1-4H3,(H,16,17,18). The Morgan fingerprint density at radius 1 is 1.36 bits per heavy atom. The van der Waals surface area contributed by atoms with Crippen molar-refractivity contribution in [2.75, 3.05) is 5.32 Å². The summed E-state index contributed by atoms with van der Waals surface area (Å²) in [6.45, 7) is 7.00. The number of carbonyl (C=O) groups is 2. The van der Waals surface area contributed by atoms with Gasteiger partial charge in [0.05, 0.1) is 11.3 Å².